The van der Waals surface area contributed by atoms with Crippen molar-refractivity contribution < 1.29 is 64.5 Å². The summed E-state index contributed by atoms with van der Waals surface area (Å²) in [6, 6.07) is 5.24. The van der Waals surface area contributed by atoms with Crippen LogP contribution in [0.4, 0.5) is 0 Å². The van der Waals surface area contributed by atoms with Crippen LogP contribution in [0.1, 0.15) is 16.7 Å². The fraction of sp³-hybridized carbons (Fsp3) is 0.667. The van der Waals surface area contributed by atoms with Gasteiger partial charge in [0, 0.05) is 0 Å². The molecule has 0 aliphatic carbocycles. The van der Waals surface area contributed by atoms with Gasteiger partial charge in [0.1, 0.15) is 48.8 Å². The van der Waals surface area contributed by atoms with Gasteiger partial charge in [-0.25, -0.2) is 0 Å². The molecule has 210 valence electrons. The summed E-state index contributed by atoms with van der Waals surface area (Å²) in [7, 11) is 0. The van der Waals surface area contributed by atoms with E-state index in [0.29, 0.717) is 17.7 Å². The van der Waals surface area contributed by atoms with Crippen LogP contribution in [0, 0.1) is 0 Å². The topological polar surface area (TPSA) is 208 Å². The van der Waals surface area contributed by atoms with Crippen molar-refractivity contribution in [1.29, 1.82) is 0 Å². The van der Waals surface area contributed by atoms with Gasteiger partial charge in [0.05, 0.1) is 39.6 Å². The maximum atomic E-state index is 10.4. The van der Waals surface area contributed by atoms with Gasteiger partial charge in [-0.05, 0) is 16.7 Å². The molecule has 2 aliphatic heterocycles. The predicted molar refractivity (Wildman–Crippen MR) is 123 cm³/mol. The Hall–Kier alpha value is -1.56. The molecule has 2 fully saturated rings. The highest BCUT2D eigenvalue weighted by molar-refractivity contribution is 5.29. The number of aliphatic hydroxyl groups excluding tert-OH is 8. The van der Waals surface area contributed by atoms with Crippen LogP contribution < -0.4 is 0 Å². The summed E-state index contributed by atoms with van der Waals surface area (Å²) in [5.74, 6) is 0. The zero-order chi connectivity index (χ0) is 27.1. The zero-order valence-electron chi connectivity index (χ0n) is 20.2. The Balaban J connectivity index is 1.62. The highest BCUT2D eigenvalue weighted by Crippen LogP contribution is 2.26. The summed E-state index contributed by atoms with van der Waals surface area (Å²) in [4.78, 5) is 0. The van der Waals surface area contributed by atoms with E-state index in [1.54, 1.807) is 24.3 Å². The lowest BCUT2D eigenvalue weighted by Gasteiger charge is -2.42. The minimum Gasteiger partial charge on any atom is -0.394 e. The van der Waals surface area contributed by atoms with E-state index in [1.807, 2.05) is 0 Å². The predicted octanol–water partition coefficient (Wildman–Crippen LogP) is -2.98. The summed E-state index contributed by atoms with van der Waals surface area (Å²) in [6.45, 7) is 2.82. The number of hydrogen-bond donors (Lipinski definition) is 8. The second-order valence-corrected chi connectivity index (χ2v) is 8.98. The molecular weight excluding hydrogens is 496 g/mol. The van der Waals surface area contributed by atoms with Crippen molar-refractivity contribution >= 4 is 0 Å². The molecular formula is C24H36O13. The van der Waals surface area contributed by atoms with Gasteiger partial charge >= 0.3 is 0 Å². The number of rotatable bonds is 12. The first-order valence-electron chi connectivity index (χ1n) is 11.8. The van der Waals surface area contributed by atoms with Crippen molar-refractivity contribution in [3.63, 3.8) is 0 Å². The van der Waals surface area contributed by atoms with Crippen LogP contribution in [0.3, 0.4) is 0 Å². The average Bonchev–Trinajstić information content (AvgIpc) is 2.90. The third-order valence-electron chi connectivity index (χ3n) is 6.16. The van der Waals surface area contributed by atoms with Gasteiger partial charge in [-0.1, -0.05) is 24.3 Å². The van der Waals surface area contributed by atoms with Gasteiger partial charge in [0.25, 0.3) is 0 Å². The van der Waals surface area contributed by atoms with Crippen molar-refractivity contribution in [2.75, 3.05) is 19.8 Å². The summed E-state index contributed by atoms with van der Waals surface area (Å²) >= 11 is 0. The molecule has 0 saturated carbocycles. The SMILES string of the molecule is C=CCOCc1cc(CO)cc(CO[C@@H]2O[C@H](CO[C@@H]3O[C@H](CO)[C@H](O)[C@H](O)[C@H]3O)[C@@H](O)[C@H](O)[C@H]2O)c1. The first-order valence-corrected chi connectivity index (χ1v) is 11.8. The molecule has 0 aromatic heterocycles. The average molecular weight is 533 g/mol. The molecule has 0 spiro atoms. The third kappa shape index (κ3) is 7.52. The molecule has 3 rings (SSSR count). The molecule has 1 aromatic carbocycles. The van der Waals surface area contributed by atoms with Gasteiger partial charge in [-0.15, -0.1) is 6.58 Å². The normalized spacial score (nSPS) is 36.4. The van der Waals surface area contributed by atoms with Crippen molar-refractivity contribution in [2.45, 2.75) is 81.2 Å². The van der Waals surface area contributed by atoms with Gasteiger partial charge in [0.2, 0.25) is 0 Å². The number of benzene rings is 1. The second kappa shape index (κ2) is 14.0. The van der Waals surface area contributed by atoms with Crippen LogP contribution in [0.25, 0.3) is 0 Å². The van der Waals surface area contributed by atoms with Crippen molar-refractivity contribution in [3.05, 3.63) is 47.5 Å². The van der Waals surface area contributed by atoms with Crippen LogP contribution in [0.15, 0.2) is 30.9 Å². The van der Waals surface area contributed by atoms with Crippen LogP contribution in [0.5, 0.6) is 0 Å². The maximum absolute atomic E-state index is 10.4. The molecule has 0 amide bonds. The van der Waals surface area contributed by atoms with E-state index in [0.717, 1.165) is 5.56 Å². The molecule has 8 N–H and O–H groups in total. The lowest BCUT2D eigenvalue weighted by Crippen LogP contribution is -2.61. The number of aliphatic hydroxyl groups is 8. The molecule has 0 bridgehead atoms. The summed E-state index contributed by atoms with van der Waals surface area (Å²) in [5, 5.41) is 79.8. The van der Waals surface area contributed by atoms with E-state index in [1.165, 1.54) is 0 Å². The number of hydrogen-bond acceptors (Lipinski definition) is 13. The minimum absolute atomic E-state index is 0.0763. The smallest absolute Gasteiger partial charge is 0.187 e. The van der Waals surface area contributed by atoms with Crippen LogP contribution in [-0.4, -0.2) is 122 Å². The van der Waals surface area contributed by atoms with E-state index in [4.69, 9.17) is 23.7 Å². The van der Waals surface area contributed by atoms with E-state index in [2.05, 4.69) is 6.58 Å². The lowest BCUT2D eigenvalue weighted by molar-refractivity contribution is -0.332. The molecule has 2 aliphatic rings. The Morgan fingerprint density at radius 2 is 1.24 bits per heavy atom. The summed E-state index contributed by atoms with van der Waals surface area (Å²) < 4.78 is 27.4. The summed E-state index contributed by atoms with van der Waals surface area (Å²) in [6.07, 6.45) is -13.4. The molecule has 2 heterocycles. The van der Waals surface area contributed by atoms with Gasteiger partial charge < -0.3 is 64.5 Å². The molecule has 13 heteroatoms. The highest BCUT2D eigenvalue weighted by atomic mass is 16.7. The van der Waals surface area contributed by atoms with Crippen molar-refractivity contribution in [1.82, 2.24) is 0 Å². The van der Waals surface area contributed by atoms with Crippen molar-refractivity contribution in [3.8, 4) is 0 Å². The molecule has 1 aromatic rings. The van der Waals surface area contributed by atoms with E-state index in [9.17, 15) is 40.9 Å². The van der Waals surface area contributed by atoms with Crippen LogP contribution in [0.2, 0.25) is 0 Å². The largest absolute Gasteiger partial charge is 0.394 e. The summed E-state index contributed by atoms with van der Waals surface area (Å²) in [5.41, 5.74) is 2.03. The zero-order valence-corrected chi connectivity index (χ0v) is 20.2. The third-order valence-corrected chi connectivity index (χ3v) is 6.16. The Kier molecular flexibility index (Phi) is 11.4. The minimum atomic E-state index is -1.66. The quantitative estimate of drug-likeness (QED) is 0.1000. The first-order chi connectivity index (χ1) is 17.7. The van der Waals surface area contributed by atoms with Gasteiger partial charge in [-0.3, -0.25) is 0 Å². The molecule has 13 nitrogen and oxygen atoms in total. The highest BCUT2D eigenvalue weighted by Gasteiger charge is 2.47. The monoisotopic (exact) mass is 532 g/mol. The van der Waals surface area contributed by atoms with Crippen LogP contribution >= 0.6 is 0 Å². The molecule has 2 saturated heterocycles. The first kappa shape index (κ1) is 30.0. The maximum Gasteiger partial charge on any atom is 0.187 e. The molecule has 37 heavy (non-hydrogen) atoms. The van der Waals surface area contributed by atoms with Crippen molar-refractivity contribution in [2.24, 2.45) is 0 Å². The Morgan fingerprint density at radius 3 is 1.84 bits per heavy atom. The molecule has 10 atom stereocenters. The van der Waals surface area contributed by atoms with E-state index in [-0.39, 0.29) is 19.8 Å². The van der Waals surface area contributed by atoms with Gasteiger partial charge in [0.15, 0.2) is 12.6 Å². The van der Waals surface area contributed by atoms with E-state index >= 15 is 0 Å². The standard InChI is InChI=1S/C24H36O13/c1-2-3-33-9-13-4-12(7-25)5-14(6-13)10-34-23-22(32)20(30)18(28)16(37-23)11-35-24-21(31)19(29)17(27)15(8-26)36-24/h2,4-6,15-32H,1,3,7-11H2/t15-,16-,17+,18-,19+,20+,21-,22-,23-,24-/m1/s1. The molecule has 0 radical (unpaired) electrons. The molecule has 0 unspecified atom stereocenters. The second-order valence-electron chi connectivity index (χ2n) is 8.98. The van der Waals surface area contributed by atoms with Gasteiger partial charge in [-0.2, -0.15) is 0 Å². The Morgan fingerprint density at radius 1 is 0.703 bits per heavy atom. The van der Waals surface area contributed by atoms with E-state index < -0.39 is 74.6 Å². The Bertz CT molecular complexity index is 852. The fourth-order valence-corrected chi connectivity index (χ4v) is 4.12. The van der Waals surface area contributed by atoms with Crippen LogP contribution in [-0.2, 0) is 43.5 Å². The fourth-order valence-electron chi connectivity index (χ4n) is 4.12. The number of ether oxygens (including phenoxy) is 5. The Labute approximate surface area is 213 Å². The lowest BCUT2D eigenvalue weighted by atomic mass is 9.98.